The Kier molecular flexibility index (Phi) is 5.40. The number of benzene rings is 1. The largest absolute Gasteiger partial charge is 0.477 e. The van der Waals surface area contributed by atoms with E-state index >= 15 is 0 Å². The van der Waals surface area contributed by atoms with Gasteiger partial charge in [-0.15, -0.1) is 0 Å². The second kappa shape index (κ2) is 8.51. The third kappa shape index (κ3) is 3.99. The van der Waals surface area contributed by atoms with E-state index in [9.17, 15) is 4.79 Å². The molecule has 1 aliphatic heterocycles. The van der Waals surface area contributed by atoms with E-state index in [4.69, 9.17) is 9.72 Å². The maximum atomic E-state index is 12.8. The van der Waals surface area contributed by atoms with E-state index in [0.29, 0.717) is 29.8 Å². The first-order valence-corrected chi connectivity index (χ1v) is 10.8. The van der Waals surface area contributed by atoms with Crippen LogP contribution in [-0.2, 0) is 13.5 Å². The maximum absolute atomic E-state index is 12.8. The molecule has 5 rings (SSSR count). The van der Waals surface area contributed by atoms with E-state index in [2.05, 4.69) is 56.3 Å². The fourth-order valence-corrected chi connectivity index (χ4v) is 3.92. The molecule has 0 bridgehead atoms. The number of rotatable bonds is 6. The molecule has 9 nitrogen and oxygen atoms in total. The van der Waals surface area contributed by atoms with E-state index in [-0.39, 0.29) is 5.56 Å². The van der Waals surface area contributed by atoms with Gasteiger partial charge in [0.1, 0.15) is 5.39 Å². The molecule has 1 aliphatic rings. The Morgan fingerprint density at radius 1 is 1.09 bits per heavy atom. The number of aromatic nitrogens is 5. The van der Waals surface area contributed by atoms with Crippen LogP contribution in [0.5, 0.6) is 5.88 Å². The Bertz CT molecular complexity index is 1250. The topological polar surface area (TPSA) is 95.1 Å². The van der Waals surface area contributed by atoms with Crippen molar-refractivity contribution in [3.05, 3.63) is 58.9 Å². The monoisotopic (exact) mass is 433 g/mol. The molecule has 0 radical (unpaired) electrons. The van der Waals surface area contributed by atoms with Crippen molar-refractivity contribution in [3.8, 4) is 17.1 Å². The highest BCUT2D eigenvalue weighted by molar-refractivity contribution is 5.86. The normalized spacial score (nSPS) is 14.9. The van der Waals surface area contributed by atoms with Crippen molar-refractivity contribution in [1.82, 2.24) is 29.6 Å². The van der Waals surface area contributed by atoms with Gasteiger partial charge in [0.05, 0.1) is 29.8 Å². The van der Waals surface area contributed by atoms with Crippen molar-refractivity contribution in [2.75, 3.05) is 44.7 Å². The fourth-order valence-electron chi connectivity index (χ4n) is 3.92. The number of anilines is 1. The average molecular weight is 434 g/mol. The van der Waals surface area contributed by atoms with Crippen LogP contribution >= 0.6 is 0 Å². The van der Waals surface area contributed by atoms with Gasteiger partial charge in [0.25, 0.3) is 5.56 Å². The van der Waals surface area contributed by atoms with Gasteiger partial charge in [0, 0.05) is 57.1 Å². The summed E-state index contributed by atoms with van der Waals surface area (Å²) in [5.41, 5.74) is 4.37. The smallest absolute Gasteiger partial charge is 0.266 e. The second-order valence-corrected chi connectivity index (χ2v) is 8.24. The van der Waals surface area contributed by atoms with Crippen LogP contribution in [0.25, 0.3) is 22.2 Å². The molecule has 1 fully saturated rings. The molecule has 166 valence electrons. The minimum absolute atomic E-state index is 0.169. The minimum atomic E-state index is -0.169. The summed E-state index contributed by atoms with van der Waals surface area (Å²) >= 11 is 0. The van der Waals surface area contributed by atoms with Crippen LogP contribution in [0.1, 0.15) is 5.69 Å². The SMILES string of the molecule is CN1CCN(c2ccc(-c3cc4ncn(C)c(=O)c4c(OCCc4c[nH][nH]4)n3)cc2)CC1. The summed E-state index contributed by atoms with van der Waals surface area (Å²) in [5.74, 6) is 0.322. The van der Waals surface area contributed by atoms with Gasteiger partial charge in [-0.3, -0.25) is 4.79 Å². The van der Waals surface area contributed by atoms with Crippen molar-refractivity contribution in [3.63, 3.8) is 0 Å². The summed E-state index contributed by atoms with van der Waals surface area (Å²) in [5, 5.41) is 6.26. The Labute approximate surface area is 185 Å². The molecule has 4 aromatic rings. The van der Waals surface area contributed by atoms with Crippen LogP contribution in [0.2, 0.25) is 0 Å². The number of likely N-dealkylation sites (N-methyl/N-ethyl adjacent to an activating group) is 1. The Morgan fingerprint density at radius 2 is 1.84 bits per heavy atom. The highest BCUT2D eigenvalue weighted by Gasteiger charge is 2.17. The number of aromatic amines is 2. The van der Waals surface area contributed by atoms with Gasteiger partial charge in [-0.05, 0) is 25.2 Å². The van der Waals surface area contributed by atoms with Crippen LogP contribution in [0, 0.1) is 0 Å². The standard InChI is InChI=1S/C23H27N7O2/c1-28-8-10-30(11-9-28)18-5-3-16(4-6-18)19-13-20-21(23(31)29(2)15-24-20)22(26-19)32-12-7-17-14-25-27-17/h3-6,13-15,25,27H,7-12H2,1-2H3. The number of fused-ring (bicyclic) bond motifs is 1. The van der Waals surface area contributed by atoms with Gasteiger partial charge >= 0.3 is 0 Å². The van der Waals surface area contributed by atoms with Crippen LogP contribution in [0.3, 0.4) is 0 Å². The molecular formula is C23H27N7O2. The first kappa shape index (κ1) is 20.3. The summed E-state index contributed by atoms with van der Waals surface area (Å²) in [6.45, 7) is 4.59. The Balaban J connectivity index is 1.45. The van der Waals surface area contributed by atoms with E-state index in [1.807, 2.05) is 12.3 Å². The number of nitrogens with zero attached hydrogens (tertiary/aromatic N) is 5. The number of hydrogen-bond donors (Lipinski definition) is 2. The van der Waals surface area contributed by atoms with Gasteiger partial charge < -0.3 is 29.3 Å². The van der Waals surface area contributed by atoms with Gasteiger partial charge in [-0.1, -0.05) is 12.1 Å². The highest BCUT2D eigenvalue weighted by Crippen LogP contribution is 2.28. The first-order chi connectivity index (χ1) is 15.6. The molecule has 4 heterocycles. The van der Waals surface area contributed by atoms with Crippen LogP contribution in [0.15, 0.2) is 47.7 Å². The van der Waals surface area contributed by atoms with E-state index in [1.54, 1.807) is 7.05 Å². The van der Waals surface area contributed by atoms with E-state index in [0.717, 1.165) is 43.1 Å². The molecule has 0 atom stereocenters. The lowest BCUT2D eigenvalue weighted by molar-refractivity contribution is 0.310. The highest BCUT2D eigenvalue weighted by atomic mass is 16.5. The van der Waals surface area contributed by atoms with Crippen molar-refractivity contribution in [2.45, 2.75) is 6.42 Å². The number of ether oxygens (including phenoxy) is 1. The molecule has 0 saturated carbocycles. The molecule has 0 spiro atoms. The summed E-state index contributed by atoms with van der Waals surface area (Å²) in [4.78, 5) is 26.7. The molecule has 0 amide bonds. The quantitative estimate of drug-likeness (QED) is 0.483. The summed E-state index contributed by atoms with van der Waals surface area (Å²) in [6.07, 6.45) is 4.11. The number of aryl methyl sites for hydroxylation is 1. The minimum Gasteiger partial charge on any atom is -0.477 e. The van der Waals surface area contributed by atoms with Crippen molar-refractivity contribution in [2.24, 2.45) is 7.05 Å². The molecular weight excluding hydrogens is 406 g/mol. The molecule has 0 aliphatic carbocycles. The summed E-state index contributed by atoms with van der Waals surface area (Å²) in [6, 6.07) is 10.3. The van der Waals surface area contributed by atoms with E-state index < -0.39 is 0 Å². The fraction of sp³-hybridized carbons (Fsp3) is 0.348. The van der Waals surface area contributed by atoms with Gasteiger partial charge in [0.15, 0.2) is 0 Å². The molecule has 1 saturated heterocycles. The lowest BCUT2D eigenvalue weighted by atomic mass is 10.1. The van der Waals surface area contributed by atoms with E-state index in [1.165, 1.54) is 16.6 Å². The molecule has 2 N–H and O–H groups in total. The Morgan fingerprint density at radius 3 is 2.53 bits per heavy atom. The molecule has 0 unspecified atom stereocenters. The van der Waals surface area contributed by atoms with Gasteiger partial charge in [0.2, 0.25) is 5.88 Å². The van der Waals surface area contributed by atoms with Crippen LogP contribution in [0.4, 0.5) is 5.69 Å². The third-order valence-corrected chi connectivity index (χ3v) is 5.99. The number of H-pyrrole nitrogens is 2. The Hall–Kier alpha value is -3.59. The lowest BCUT2D eigenvalue weighted by Crippen LogP contribution is -2.44. The van der Waals surface area contributed by atoms with Crippen LogP contribution < -0.4 is 15.2 Å². The number of nitrogens with one attached hydrogen (secondary N) is 2. The third-order valence-electron chi connectivity index (χ3n) is 5.99. The van der Waals surface area contributed by atoms with Gasteiger partial charge in [-0.2, -0.15) is 0 Å². The van der Waals surface area contributed by atoms with Crippen LogP contribution in [-0.4, -0.2) is 69.5 Å². The number of hydrogen-bond acceptors (Lipinski definition) is 6. The molecule has 9 heteroatoms. The second-order valence-electron chi connectivity index (χ2n) is 8.24. The van der Waals surface area contributed by atoms with Gasteiger partial charge in [-0.25, -0.2) is 9.97 Å². The average Bonchev–Trinajstić information content (AvgIpc) is 2.78. The zero-order valence-corrected chi connectivity index (χ0v) is 18.3. The predicted octanol–water partition coefficient (Wildman–Crippen LogP) is 2.02. The predicted molar refractivity (Wildman–Crippen MR) is 124 cm³/mol. The van der Waals surface area contributed by atoms with Crippen molar-refractivity contribution in [1.29, 1.82) is 0 Å². The summed E-state index contributed by atoms with van der Waals surface area (Å²) < 4.78 is 7.41. The zero-order chi connectivity index (χ0) is 22.1. The molecule has 1 aromatic carbocycles. The molecule has 3 aromatic heterocycles. The van der Waals surface area contributed by atoms with Crippen molar-refractivity contribution >= 4 is 16.6 Å². The summed E-state index contributed by atoms with van der Waals surface area (Å²) in [7, 11) is 3.84. The molecule has 32 heavy (non-hydrogen) atoms. The van der Waals surface area contributed by atoms with Crippen molar-refractivity contribution < 1.29 is 4.74 Å². The first-order valence-electron chi connectivity index (χ1n) is 10.8. The maximum Gasteiger partial charge on any atom is 0.266 e. The number of pyridine rings is 1. The number of piperazine rings is 1. The zero-order valence-electron chi connectivity index (χ0n) is 18.3. The lowest BCUT2D eigenvalue weighted by Gasteiger charge is -2.34.